The van der Waals surface area contributed by atoms with Gasteiger partial charge in [-0.1, -0.05) is 0 Å². The van der Waals surface area contributed by atoms with Crippen LogP contribution in [0.15, 0.2) is 18.2 Å². The Bertz CT molecular complexity index is 599. The molecule has 2 rings (SSSR count). The molecule has 19 heavy (non-hydrogen) atoms. The summed E-state index contributed by atoms with van der Waals surface area (Å²) in [7, 11) is 0. The molecule has 1 aromatic rings. The Morgan fingerprint density at radius 3 is 2.63 bits per heavy atom. The van der Waals surface area contributed by atoms with Crippen LogP contribution in [0.1, 0.15) is 25.0 Å². The van der Waals surface area contributed by atoms with Gasteiger partial charge in [-0.3, -0.25) is 9.59 Å². The fourth-order valence-electron chi connectivity index (χ4n) is 2.14. The van der Waals surface area contributed by atoms with Crippen molar-refractivity contribution in [1.82, 2.24) is 5.32 Å². The van der Waals surface area contributed by atoms with E-state index in [-0.39, 0.29) is 18.4 Å². The number of nitrogens with zero attached hydrogens (tertiary/aromatic N) is 2. The van der Waals surface area contributed by atoms with Crippen molar-refractivity contribution in [3.63, 3.8) is 0 Å². The van der Waals surface area contributed by atoms with Gasteiger partial charge in [0.25, 0.3) is 5.91 Å². The highest BCUT2D eigenvalue weighted by Gasteiger charge is 2.39. The first-order chi connectivity index (χ1) is 8.85. The van der Waals surface area contributed by atoms with Gasteiger partial charge in [-0.25, -0.2) is 0 Å². The molecule has 0 aliphatic carbocycles. The summed E-state index contributed by atoms with van der Waals surface area (Å²) < 4.78 is 0. The number of anilines is 1. The number of nitrogens with one attached hydrogen (secondary N) is 1. The lowest BCUT2D eigenvalue weighted by molar-refractivity contribution is -0.134. The number of carbonyl (C=O) groups is 2. The molecule has 0 unspecified atom stereocenters. The summed E-state index contributed by atoms with van der Waals surface area (Å²) in [5.41, 5.74) is 1.09. The zero-order valence-corrected chi connectivity index (χ0v) is 11.2. The minimum atomic E-state index is -0.906. The topological polar surface area (TPSA) is 73.2 Å². The second kappa shape index (κ2) is 4.39. The van der Waals surface area contributed by atoms with Crippen molar-refractivity contribution < 1.29 is 9.59 Å². The Kier molecular flexibility index (Phi) is 3.03. The van der Waals surface area contributed by atoms with E-state index in [2.05, 4.69) is 11.4 Å². The molecule has 1 saturated heterocycles. The maximum Gasteiger partial charge on any atom is 0.252 e. The molecule has 0 aromatic heterocycles. The SMILES string of the molecule is Cc1cc(N2CC(=O)NC(C)(C)C2=O)ccc1C#N. The largest absolute Gasteiger partial charge is 0.341 e. The molecule has 1 N–H and O–H groups in total. The van der Waals surface area contributed by atoms with Gasteiger partial charge >= 0.3 is 0 Å². The normalized spacial score (nSPS) is 17.9. The van der Waals surface area contributed by atoms with Crippen LogP contribution in [0.3, 0.4) is 0 Å². The number of hydrogen-bond donors (Lipinski definition) is 1. The van der Waals surface area contributed by atoms with Crippen molar-refractivity contribution >= 4 is 17.5 Å². The average Bonchev–Trinajstić information content (AvgIpc) is 2.33. The van der Waals surface area contributed by atoms with E-state index in [1.54, 1.807) is 32.0 Å². The van der Waals surface area contributed by atoms with Gasteiger partial charge in [0.05, 0.1) is 11.6 Å². The molecule has 0 atom stereocenters. The summed E-state index contributed by atoms with van der Waals surface area (Å²) in [6.45, 7) is 5.17. The minimum absolute atomic E-state index is 0.00754. The predicted molar refractivity (Wildman–Crippen MR) is 70.5 cm³/mol. The number of aryl methyl sites for hydroxylation is 1. The van der Waals surface area contributed by atoms with Gasteiger partial charge in [-0.2, -0.15) is 5.26 Å². The van der Waals surface area contributed by atoms with Crippen LogP contribution < -0.4 is 10.2 Å². The molecule has 0 saturated carbocycles. The number of amides is 2. The maximum atomic E-state index is 12.3. The lowest BCUT2D eigenvalue weighted by Crippen LogP contribution is -2.64. The molecule has 2 amide bonds. The zero-order valence-electron chi connectivity index (χ0n) is 11.2. The third-order valence-corrected chi connectivity index (χ3v) is 3.18. The molecule has 0 spiro atoms. The summed E-state index contributed by atoms with van der Waals surface area (Å²) in [6.07, 6.45) is 0. The summed E-state index contributed by atoms with van der Waals surface area (Å²) >= 11 is 0. The van der Waals surface area contributed by atoms with E-state index in [9.17, 15) is 9.59 Å². The number of rotatable bonds is 1. The third-order valence-electron chi connectivity index (χ3n) is 3.18. The van der Waals surface area contributed by atoms with E-state index in [1.807, 2.05) is 6.92 Å². The molecule has 1 aliphatic rings. The number of piperazine rings is 1. The second-order valence-corrected chi connectivity index (χ2v) is 5.18. The lowest BCUT2D eigenvalue weighted by atomic mass is 9.99. The molecule has 1 fully saturated rings. The number of carbonyl (C=O) groups excluding carboxylic acids is 2. The number of hydrogen-bond acceptors (Lipinski definition) is 3. The Morgan fingerprint density at radius 2 is 2.05 bits per heavy atom. The molecule has 1 heterocycles. The highest BCUT2D eigenvalue weighted by atomic mass is 16.2. The van der Waals surface area contributed by atoms with Crippen LogP contribution in [0, 0.1) is 18.3 Å². The van der Waals surface area contributed by atoms with Gasteiger partial charge in [-0.05, 0) is 44.5 Å². The van der Waals surface area contributed by atoms with Gasteiger partial charge in [0, 0.05) is 5.69 Å². The molecule has 0 bridgehead atoms. The summed E-state index contributed by atoms with van der Waals surface area (Å²) in [4.78, 5) is 25.4. The predicted octanol–water partition coefficient (Wildman–Crippen LogP) is 1.11. The molecule has 5 heteroatoms. The number of nitriles is 1. The van der Waals surface area contributed by atoms with Crippen LogP contribution in [0.4, 0.5) is 5.69 Å². The van der Waals surface area contributed by atoms with E-state index in [0.717, 1.165) is 5.56 Å². The van der Waals surface area contributed by atoms with E-state index < -0.39 is 5.54 Å². The first kappa shape index (κ1) is 13.1. The van der Waals surface area contributed by atoms with Crippen molar-refractivity contribution in [2.75, 3.05) is 11.4 Å². The molecule has 1 aromatic carbocycles. The zero-order chi connectivity index (χ0) is 14.2. The Hall–Kier alpha value is -2.35. The van der Waals surface area contributed by atoms with Crippen LogP contribution in [0.2, 0.25) is 0 Å². The standard InChI is InChI=1S/C14H15N3O2/c1-9-6-11(5-4-10(9)7-15)17-8-12(18)16-14(2,3)13(17)19/h4-6H,8H2,1-3H3,(H,16,18). The Morgan fingerprint density at radius 1 is 1.37 bits per heavy atom. The minimum Gasteiger partial charge on any atom is -0.341 e. The molecular weight excluding hydrogens is 242 g/mol. The highest BCUT2D eigenvalue weighted by Crippen LogP contribution is 2.23. The smallest absolute Gasteiger partial charge is 0.252 e. The summed E-state index contributed by atoms with van der Waals surface area (Å²) in [6, 6.07) is 7.19. The van der Waals surface area contributed by atoms with Gasteiger partial charge in [0.2, 0.25) is 5.91 Å². The van der Waals surface area contributed by atoms with Gasteiger partial charge < -0.3 is 10.2 Å². The molecule has 5 nitrogen and oxygen atoms in total. The lowest BCUT2D eigenvalue weighted by Gasteiger charge is -2.37. The fraction of sp³-hybridized carbons (Fsp3) is 0.357. The van der Waals surface area contributed by atoms with E-state index in [0.29, 0.717) is 11.3 Å². The maximum absolute atomic E-state index is 12.3. The van der Waals surface area contributed by atoms with Crippen LogP contribution in [-0.4, -0.2) is 23.9 Å². The Balaban J connectivity index is 2.41. The van der Waals surface area contributed by atoms with Crippen LogP contribution in [0.25, 0.3) is 0 Å². The van der Waals surface area contributed by atoms with E-state index in [1.165, 1.54) is 4.90 Å². The number of benzene rings is 1. The fourth-order valence-corrected chi connectivity index (χ4v) is 2.14. The Labute approximate surface area is 111 Å². The first-order valence-corrected chi connectivity index (χ1v) is 5.99. The molecule has 1 aliphatic heterocycles. The van der Waals surface area contributed by atoms with Crippen molar-refractivity contribution in [1.29, 1.82) is 5.26 Å². The summed E-state index contributed by atoms with van der Waals surface area (Å²) in [5, 5.41) is 11.6. The van der Waals surface area contributed by atoms with Gasteiger partial charge in [0.15, 0.2) is 0 Å². The molecule has 0 radical (unpaired) electrons. The average molecular weight is 257 g/mol. The van der Waals surface area contributed by atoms with Crippen LogP contribution in [0.5, 0.6) is 0 Å². The quantitative estimate of drug-likeness (QED) is 0.819. The van der Waals surface area contributed by atoms with Crippen LogP contribution in [-0.2, 0) is 9.59 Å². The monoisotopic (exact) mass is 257 g/mol. The van der Waals surface area contributed by atoms with E-state index >= 15 is 0 Å². The summed E-state index contributed by atoms with van der Waals surface area (Å²) in [5.74, 6) is -0.345. The van der Waals surface area contributed by atoms with Crippen molar-refractivity contribution in [3.8, 4) is 6.07 Å². The van der Waals surface area contributed by atoms with Gasteiger partial charge in [0.1, 0.15) is 12.1 Å². The van der Waals surface area contributed by atoms with Crippen LogP contribution >= 0.6 is 0 Å². The van der Waals surface area contributed by atoms with Crippen molar-refractivity contribution in [3.05, 3.63) is 29.3 Å². The molecular formula is C14H15N3O2. The van der Waals surface area contributed by atoms with Gasteiger partial charge in [-0.15, -0.1) is 0 Å². The van der Waals surface area contributed by atoms with E-state index in [4.69, 9.17) is 5.26 Å². The van der Waals surface area contributed by atoms with Crippen molar-refractivity contribution in [2.24, 2.45) is 0 Å². The first-order valence-electron chi connectivity index (χ1n) is 5.99. The second-order valence-electron chi connectivity index (χ2n) is 5.18. The molecule has 98 valence electrons. The van der Waals surface area contributed by atoms with Crippen molar-refractivity contribution in [2.45, 2.75) is 26.3 Å². The highest BCUT2D eigenvalue weighted by molar-refractivity contribution is 6.08. The third kappa shape index (κ3) is 2.29.